The fourth-order valence-electron chi connectivity index (χ4n) is 2.72. The van der Waals surface area contributed by atoms with Crippen LogP contribution >= 0.6 is 0 Å². The Hall–Kier alpha value is -2.69. The fraction of sp³-hybridized carbons (Fsp3) is 0.235. The van der Waals surface area contributed by atoms with Gasteiger partial charge in [0.25, 0.3) is 5.91 Å². The SMILES string of the molecule is Cc1cccnc1C(=O)N1CCc2ccc(C(=O)O)cc2C1. The molecule has 0 saturated heterocycles. The van der Waals surface area contributed by atoms with Crippen molar-refractivity contribution in [2.24, 2.45) is 0 Å². The molecule has 22 heavy (non-hydrogen) atoms. The van der Waals surface area contributed by atoms with Gasteiger partial charge in [-0.2, -0.15) is 0 Å². The van der Waals surface area contributed by atoms with Gasteiger partial charge < -0.3 is 10.0 Å². The van der Waals surface area contributed by atoms with Crippen LogP contribution in [0.3, 0.4) is 0 Å². The number of hydrogen-bond donors (Lipinski definition) is 1. The van der Waals surface area contributed by atoms with Gasteiger partial charge in [-0.1, -0.05) is 12.1 Å². The van der Waals surface area contributed by atoms with E-state index >= 15 is 0 Å². The van der Waals surface area contributed by atoms with Gasteiger partial charge in [-0.25, -0.2) is 4.79 Å². The zero-order chi connectivity index (χ0) is 15.7. The highest BCUT2D eigenvalue weighted by molar-refractivity contribution is 5.94. The van der Waals surface area contributed by atoms with Gasteiger partial charge in [-0.05, 0) is 48.2 Å². The van der Waals surface area contributed by atoms with Crippen molar-refractivity contribution >= 4 is 11.9 Å². The van der Waals surface area contributed by atoms with Crippen molar-refractivity contribution in [2.75, 3.05) is 6.54 Å². The molecule has 0 radical (unpaired) electrons. The van der Waals surface area contributed by atoms with Crippen LogP contribution < -0.4 is 0 Å². The monoisotopic (exact) mass is 296 g/mol. The average Bonchev–Trinajstić information content (AvgIpc) is 2.53. The molecule has 112 valence electrons. The van der Waals surface area contributed by atoms with E-state index in [2.05, 4.69) is 4.98 Å². The van der Waals surface area contributed by atoms with Crippen molar-refractivity contribution in [1.82, 2.24) is 9.88 Å². The van der Waals surface area contributed by atoms with E-state index in [9.17, 15) is 9.59 Å². The maximum Gasteiger partial charge on any atom is 0.335 e. The highest BCUT2D eigenvalue weighted by Gasteiger charge is 2.24. The minimum atomic E-state index is -0.952. The molecule has 5 nitrogen and oxygen atoms in total. The van der Waals surface area contributed by atoms with Crippen molar-refractivity contribution < 1.29 is 14.7 Å². The van der Waals surface area contributed by atoms with Gasteiger partial charge in [0.05, 0.1) is 5.56 Å². The number of aromatic carboxylic acids is 1. The summed E-state index contributed by atoms with van der Waals surface area (Å²) < 4.78 is 0. The highest BCUT2D eigenvalue weighted by Crippen LogP contribution is 2.22. The number of rotatable bonds is 2. The fourth-order valence-corrected chi connectivity index (χ4v) is 2.72. The number of amides is 1. The second-order valence-corrected chi connectivity index (χ2v) is 5.43. The number of aryl methyl sites for hydroxylation is 1. The molecule has 2 heterocycles. The Morgan fingerprint density at radius 3 is 2.77 bits per heavy atom. The summed E-state index contributed by atoms with van der Waals surface area (Å²) in [7, 11) is 0. The number of nitrogens with zero attached hydrogens (tertiary/aromatic N) is 2. The minimum absolute atomic E-state index is 0.107. The maximum absolute atomic E-state index is 12.6. The molecule has 0 spiro atoms. The smallest absolute Gasteiger partial charge is 0.335 e. The molecule has 1 N–H and O–H groups in total. The highest BCUT2D eigenvalue weighted by atomic mass is 16.4. The second-order valence-electron chi connectivity index (χ2n) is 5.43. The van der Waals surface area contributed by atoms with Gasteiger partial charge in [-0.15, -0.1) is 0 Å². The summed E-state index contributed by atoms with van der Waals surface area (Å²) in [5.41, 5.74) is 3.56. The number of carboxylic acids is 1. The molecule has 1 aromatic carbocycles. The lowest BCUT2D eigenvalue weighted by molar-refractivity contribution is 0.0696. The number of carbonyl (C=O) groups is 2. The first kappa shape index (κ1) is 14.3. The van der Waals surface area contributed by atoms with E-state index in [-0.39, 0.29) is 11.5 Å². The number of carboxylic acid groups (broad SMARTS) is 1. The lowest BCUT2D eigenvalue weighted by atomic mass is 9.97. The minimum Gasteiger partial charge on any atom is -0.478 e. The number of benzene rings is 1. The molecule has 1 aliphatic heterocycles. The molecule has 0 bridgehead atoms. The van der Waals surface area contributed by atoms with Crippen LogP contribution in [0.15, 0.2) is 36.5 Å². The van der Waals surface area contributed by atoms with Gasteiger partial charge in [0, 0.05) is 19.3 Å². The first-order valence-electron chi connectivity index (χ1n) is 7.12. The lowest BCUT2D eigenvalue weighted by Crippen LogP contribution is -2.36. The van der Waals surface area contributed by atoms with Crippen LogP contribution in [0.25, 0.3) is 0 Å². The average molecular weight is 296 g/mol. The standard InChI is InChI=1S/C17H16N2O3/c1-11-3-2-7-18-15(11)16(20)19-8-6-12-4-5-13(17(21)22)9-14(12)10-19/h2-5,7,9H,6,8,10H2,1H3,(H,21,22). The molecule has 1 amide bonds. The molecule has 0 aliphatic carbocycles. The van der Waals surface area contributed by atoms with E-state index in [1.54, 1.807) is 29.3 Å². The zero-order valence-electron chi connectivity index (χ0n) is 12.2. The van der Waals surface area contributed by atoms with Crippen LogP contribution in [0, 0.1) is 6.92 Å². The predicted molar refractivity (Wildman–Crippen MR) is 80.8 cm³/mol. The molecule has 0 saturated carbocycles. The van der Waals surface area contributed by atoms with Crippen LogP contribution in [-0.2, 0) is 13.0 Å². The van der Waals surface area contributed by atoms with Crippen molar-refractivity contribution in [1.29, 1.82) is 0 Å². The van der Waals surface area contributed by atoms with Gasteiger partial charge in [0.2, 0.25) is 0 Å². The van der Waals surface area contributed by atoms with Crippen LogP contribution in [0.2, 0.25) is 0 Å². The first-order chi connectivity index (χ1) is 10.6. The summed E-state index contributed by atoms with van der Waals surface area (Å²) >= 11 is 0. The molecule has 5 heteroatoms. The van der Waals surface area contributed by atoms with Crippen molar-refractivity contribution in [3.63, 3.8) is 0 Å². The van der Waals surface area contributed by atoms with Crippen molar-refractivity contribution in [3.05, 3.63) is 64.5 Å². The Balaban J connectivity index is 1.87. The summed E-state index contributed by atoms with van der Waals surface area (Å²) in [6.07, 6.45) is 2.34. The second kappa shape index (κ2) is 5.60. The molecule has 3 rings (SSSR count). The Bertz CT molecular complexity index is 755. The molecular weight excluding hydrogens is 280 g/mol. The normalized spacial score (nSPS) is 13.6. The third-order valence-corrected chi connectivity index (χ3v) is 3.96. The van der Waals surface area contributed by atoms with E-state index in [4.69, 9.17) is 5.11 Å². The lowest BCUT2D eigenvalue weighted by Gasteiger charge is -2.29. The number of aromatic nitrogens is 1. The van der Waals surface area contributed by atoms with E-state index < -0.39 is 5.97 Å². The van der Waals surface area contributed by atoms with Gasteiger partial charge in [0.1, 0.15) is 5.69 Å². The molecule has 0 unspecified atom stereocenters. The van der Waals surface area contributed by atoms with Crippen LogP contribution in [0.5, 0.6) is 0 Å². The third-order valence-electron chi connectivity index (χ3n) is 3.96. The van der Waals surface area contributed by atoms with Crippen LogP contribution in [-0.4, -0.2) is 33.4 Å². The summed E-state index contributed by atoms with van der Waals surface area (Å²) in [5.74, 6) is -1.06. The summed E-state index contributed by atoms with van der Waals surface area (Å²) in [6.45, 7) is 2.90. The molecule has 1 aliphatic rings. The Kier molecular flexibility index (Phi) is 3.63. The summed E-state index contributed by atoms with van der Waals surface area (Å²) in [6, 6.07) is 8.77. The molecule has 2 aromatic rings. The van der Waals surface area contributed by atoms with E-state index in [0.717, 1.165) is 23.1 Å². The number of carbonyl (C=O) groups excluding carboxylic acids is 1. The zero-order valence-corrected chi connectivity index (χ0v) is 12.2. The quantitative estimate of drug-likeness (QED) is 0.923. The number of fused-ring (bicyclic) bond motifs is 1. The van der Waals surface area contributed by atoms with E-state index in [0.29, 0.717) is 18.8 Å². The molecular formula is C17H16N2O3. The number of pyridine rings is 1. The van der Waals surface area contributed by atoms with E-state index in [1.807, 2.05) is 19.1 Å². The van der Waals surface area contributed by atoms with Gasteiger partial charge in [0.15, 0.2) is 0 Å². The van der Waals surface area contributed by atoms with Crippen molar-refractivity contribution in [2.45, 2.75) is 19.9 Å². The van der Waals surface area contributed by atoms with Gasteiger partial charge in [-0.3, -0.25) is 9.78 Å². The summed E-state index contributed by atoms with van der Waals surface area (Å²) in [5, 5.41) is 9.09. The largest absolute Gasteiger partial charge is 0.478 e. The molecule has 0 fully saturated rings. The number of hydrogen-bond acceptors (Lipinski definition) is 3. The topological polar surface area (TPSA) is 70.5 Å². The van der Waals surface area contributed by atoms with E-state index in [1.165, 1.54) is 0 Å². The first-order valence-corrected chi connectivity index (χ1v) is 7.12. The third kappa shape index (κ3) is 2.57. The molecule has 1 aromatic heterocycles. The van der Waals surface area contributed by atoms with Crippen LogP contribution in [0.1, 0.15) is 37.5 Å². The molecule has 0 atom stereocenters. The maximum atomic E-state index is 12.6. The van der Waals surface area contributed by atoms with Crippen LogP contribution in [0.4, 0.5) is 0 Å². The van der Waals surface area contributed by atoms with Gasteiger partial charge >= 0.3 is 5.97 Å². The Morgan fingerprint density at radius 2 is 2.05 bits per heavy atom. The van der Waals surface area contributed by atoms with Crippen molar-refractivity contribution in [3.8, 4) is 0 Å². The summed E-state index contributed by atoms with van der Waals surface area (Å²) in [4.78, 5) is 29.6. The Labute approximate surface area is 128 Å². The predicted octanol–water partition coefficient (Wildman–Crippen LogP) is 2.29. The Morgan fingerprint density at radius 1 is 1.23 bits per heavy atom.